The molecule has 2 amide bonds. The van der Waals surface area contributed by atoms with Crippen molar-refractivity contribution in [1.82, 2.24) is 10.4 Å². The Morgan fingerprint density at radius 2 is 2.09 bits per heavy atom. The first-order chi connectivity index (χ1) is 11.0. The van der Waals surface area contributed by atoms with Gasteiger partial charge < -0.3 is 15.9 Å². The van der Waals surface area contributed by atoms with Gasteiger partial charge in [-0.05, 0) is 12.8 Å². The van der Waals surface area contributed by atoms with Crippen molar-refractivity contribution in [2.75, 3.05) is 5.75 Å². The Labute approximate surface area is 138 Å². The summed E-state index contributed by atoms with van der Waals surface area (Å²) in [7, 11) is 0. The molecule has 0 saturated carbocycles. The molecule has 3 N–H and O–H groups in total. The van der Waals surface area contributed by atoms with Gasteiger partial charge in [-0.2, -0.15) is 11.8 Å². The molecule has 9 heteroatoms. The molecule has 3 aliphatic rings. The SMILES string of the molecule is NC1=N[C@@H]2[C@@H](CS[C@@H]2CCCCC(=O)ON2C(=O)CCC2=O)N1. The summed E-state index contributed by atoms with van der Waals surface area (Å²) in [6.45, 7) is 0. The van der Waals surface area contributed by atoms with Crippen LogP contribution in [0.3, 0.4) is 0 Å². The molecule has 2 fully saturated rings. The van der Waals surface area contributed by atoms with Crippen LogP contribution in [0, 0.1) is 0 Å². The van der Waals surface area contributed by atoms with Crippen LogP contribution in [0.4, 0.5) is 0 Å². The van der Waals surface area contributed by atoms with Crippen molar-refractivity contribution in [2.45, 2.75) is 55.9 Å². The van der Waals surface area contributed by atoms with E-state index in [0.29, 0.717) is 28.7 Å². The molecule has 126 valence electrons. The van der Waals surface area contributed by atoms with Gasteiger partial charge in [-0.1, -0.05) is 6.42 Å². The summed E-state index contributed by atoms with van der Waals surface area (Å²) >= 11 is 1.88. The molecule has 0 aromatic rings. The molecule has 8 nitrogen and oxygen atoms in total. The monoisotopic (exact) mass is 340 g/mol. The zero-order valence-corrected chi connectivity index (χ0v) is 13.5. The van der Waals surface area contributed by atoms with Crippen molar-refractivity contribution in [2.24, 2.45) is 10.7 Å². The number of nitrogens with one attached hydrogen (secondary N) is 1. The van der Waals surface area contributed by atoms with E-state index >= 15 is 0 Å². The maximum Gasteiger partial charge on any atom is 0.333 e. The van der Waals surface area contributed by atoms with E-state index in [-0.39, 0.29) is 25.3 Å². The van der Waals surface area contributed by atoms with Crippen molar-refractivity contribution in [3.8, 4) is 0 Å². The molecular formula is C14H20N4O4S. The molecule has 3 heterocycles. The van der Waals surface area contributed by atoms with Crippen LogP contribution in [-0.2, 0) is 19.2 Å². The molecule has 0 aromatic heterocycles. The summed E-state index contributed by atoms with van der Waals surface area (Å²) in [5.41, 5.74) is 5.69. The van der Waals surface area contributed by atoms with E-state index in [4.69, 9.17) is 10.6 Å². The minimum Gasteiger partial charge on any atom is -0.370 e. The zero-order chi connectivity index (χ0) is 16.4. The largest absolute Gasteiger partial charge is 0.370 e. The molecule has 3 atom stereocenters. The van der Waals surface area contributed by atoms with Gasteiger partial charge in [0.2, 0.25) is 0 Å². The third-order valence-electron chi connectivity index (χ3n) is 4.22. The number of carbonyl (C=O) groups excluding carboxylic acids is 3. The Morgan fingerprint density at radius 1 is 1.35 bits per heavy atom. The number of hydrogen-bond donors (Lipinski definition) is 2. The minimum atomic E-state index is -0.532. The predicted molar refractivity (Wildman–Crippen MR) is 84.2 cm³/mol. The van der Waals surface area contributed by atoms with Gasteiger partial charge in [-0.3, -0.25) is 9.59 Å². The average Bonchev–Trinajstić information content (AvgIpc) is 3.14. The normalized spacial score (nSPS) is 29.5. The van der Waals surface area contributed by atoms with Gasteiger partial charge in [0.15, 0.2) is 5.96 Å². The molecule has 0 bridgehead atoms. The van der Waals surface area contributed by atoms with Crippen LogP contribution in [-0.4, -0.2) is 51.9 Å². The number of nitrogens with zero attached hydrogens (tertiary/aromatic N) is 2. The topological polar surface area (TPSA) is 114 Å². The number of aliphatic imine (C=N–C) groups is 1. The van der Waals surface area contributed by atoms with E-state index in [1.54, 1.807) is 0 Å². The third-order valence-corrected chi connectivity index (χ3v) is 5.72. The lowest BCUT2D eigenvalue weighted by molar-refractivity contribution is -0.197. The maximum absolute atomic E-state index is 11.7. The van der Waals surface area contributed by atoms with Crippen LogP contribution >= 0.6 is 11.8 Å². The molecular weight excluding hydrogens is 320 g/mol. The highest BCUT2D eigenvalue weighted by Crippen LogP contribution is 2.35. The van der Waals surface area contributed by atoms with Gasteiger partial charge in [-0.25, -0.2) is 9.79 Å². The highest BCUT2D eigenvalue weighted by Gasteiger charge is 2.40. The van der Waals surface area contributed by atoms with Crippen LogP contribution < -0.4 is 11.1 Å². The second-order valence-corrected chi connectivity index (χ2v) is 7.19. The minimum absolute atomic E-state index is 0.116. The molecule has 0 radical (unpaired) electrons. The number of carbonyl (C=O) groups is 3. The number of unbranched alkanes of at least 4 members (excludes halogenated alkanes) is 1. The van der Waals surface area contributed by atoms with Crippen LogP contribution in [0.5, 0.6) is 0 Å². The van der Waals surface area contributed by atoms with Crippen molar-refractivity contribution in [1.29, 1.82) is 0 Å². The van der Waals surface area contributed by atoms with Crippen LogP contribution in [0.1, 0.15) is 38.5 Å². The molecule has 3 aliphatic heterocycles. The number of rotatable bonds is 6. The van der Waals surface area contributed by atoms with Crippen molar-refractivity contribution in [3.05, 3.63) is 0 Å². The average molecular weight is 340 g/mol. The standard InChI is InChI=1S/C14H20N4O4S/c15-14-16-8-7-23-9(13(8)17-14)3-1-2-4-12(21)22-18-10(19)5-6-11(18)20/h8-9,13H,1-7H2,(H3,15,16,17)/t8-,9-,13-/m1/s1. The van der Waals surface area contributed by atoms with Gasteiger partial charge in [-0.15, -0.1) is 5.06 Å². The fourth-order valence-electron chi connectivity index (χ4n) is 3.05. The van der Waals surface area contributed by atoms with E-state index in [0.717, 1.165) is 18.6 Å². The molecule has 3 rings (SSSR count). The van der Waals surface area contributed by atoms with Crippen molar-refractivity contribution >= 4 is 35.5 Å². The highest BCUT2D eigenvalue weighted by atomic mass is 32.2. The van der Waals surface area contributed by atoms with Gasteiger partial charge in [0.1, 0.15) is 0 Å². The molecule has 0 aliphatic carbocycles. The van der Waals surface area contributed by atoms with Crippen LogP contribution in [0.15, 0.2) is 4.99 Å². The lowest BCUT2D eigenvalue weighted by Crippen LogP contribution is -2.38. The molecule has 2 saturated heterocycles. The molecule has 0 unspecified atom stereocenters. The molecule has 0 aromatic carbocycles. The summed E-state index contributed by atoms with van der Waals surface area (Å²) in [5, 5.41) is 4.19. The van der Waals surface area contributed by atoms with Gasteiger partial charge in [0.25, 0.3) is 11.8 Å². The first kappa shape index (κ1) is 16.1. The lowest BCUT2D eigenvalue weighted by Gasteiger charge is -2.15. The van der Waals surface area contributed by atoms with Crippen LogP contribution in [0.2, 0.25) is 0 Å². The Balaban J connectivity index is 1.35. The smallest absolute Gasteiger partial charge is 0.333 e. The Bertz CT molecular complexity index is 537. The molecule has 23 heavy (non-hydrogen) atoms. The molecule has 0 spiro atoms. The van der Waals surface area contributed by atoms with E-state index < -0.39 is 17.8 Å². The predicted octanol–water partition coefficient (Wildman–Crippen LogP) is -0.0755. The number of fused-ring (bicyclic) bond motifs is 1. The number of guanidine groups is 1. The fraction of sp³-hybridized carbons (Fsp3) is 0.714. The third kappa shape index (κ3) is 3.60. The summed E-state index contributed by atoms with van der Waals surface area (Å²) in [6, 6.07) is 0.564. The number of thioether (sulfide) groups is 1. The lowest BCUT2D eigenvalue weighted by atomic mass is 10.0. The van der Waals surface area contributed by atoms with E-state index in [9.17, 15) is 14.4 Å². The Morgan fingerprint density at radius 3 is 2.83 bits per heavy atom. The van der Waals surface area contributed by atoms with Gasteiger partial charge in [0, 0.05) is 30.3 Å². The van der Waals surface area contributed by atoms with Gasteiger partial charge >= 0.3 is 5.97 Å². The van der Waals surface area contributed by atoms with Crippen LogP contribution in [0.25, 0.3) is 0 Å². The van der Waals surface area contributed by atoms with Gasteiger partial charge in [0.05, 0.1) is 12.1 Å². The van der Waals surface area contributed by atoms with E-state index in [1.807, 2.05) is 11.8 Å². The number of nitrogens with two attached hydrogens (primary N) is 1. The Hall–Kier alpha value is -1.77. The quantitative estimate of drug-likeness (QED) is 0.513. The highest BCUT2D eigenvalue weighted by molar-refractivity contribution is 8.00. The fourth-order valence-corrected chi connectivity index (χ4v) is 4.56. The zero-order valence-electron chi connectivity index (χ0n) is 12.7. The number of imide groups is 1. The summed E-state index contributed by atoms with van der Waals surface area (Å²) in [4.78, 5) is 43.6. The van der Waals surface area contributed by atoms with E-state index in [1.165, 1.54) is 0 Å². The number of hydroxylamine groups is 2. The second kappa shape index (κ2) is 6.77. The van der Waals surface area contributed by atoms with Crippen molar-refractivity contribution < 1.29 is 19.2 Å². The maximum atomic E-state index is 11.7. The first-order valence-electron chi connectivity index (χ1n) is 7.82. The Kier molecular flexibility index (Phi) is 4.74. The first-order valence-corrected chi connectivity index (χ1v) is 8.87. The summed E-state index contributed by atoms with van der Waals surface area (Å²) in [6.07, 6.45) is 2.92. The summed E-state index contributed by atoms with van der Waals surface area (Å²) < 4.78 is 0. The summed E-state index contributed by atoms with van der Waals surface area (Å²) in [5.74, 6) is 0.104. The number of amides is 2. The van der Waals surface area contributed by atoms with Crippen molar-refractivity contribution in [3.63, 3.8) is 0 Å². The van der Waals surface area contributed by atoms with E-state index in [2.05, 4.69) is 10.3 Å². The number of hydrogen-bond acceptors (Lipinski definition) is 8. The second-order valence-electron chi connectivity index (χ2n) is 5.92.